The van der Waals surface area contributed by atoms with Crippen molar-refractivity contribution in [2.24, 2.45) is 0 Å². The number of nitrogens with zero attached hydrogens (tertiary/aromatic N) is 1. The molecule has 0 atom stereocenters. The summed E-state index contributed by atoms with van der Waals surface area (Å²) < 4.78 is 43.7. The molecule has 1 heterocycles. The van der Waals surface area contributed by atoms with Crippen molar-refractivity contribution in [3.63, 3.8) is 0 Å². The Morgan fingerprint density at radius 2 is 1.75 bits per heavy atom. The Labute approximate surface area is 183 Å². The summed E-state index contributed by atoms with van der Waals surface area (Å²) in [5.41, 5.74) is 4.36. The lowest BCUT2D eigenvalue weighted by Crippen LogP contribution is -2.30. The number of rotatable bonds is 6. The number of ether oxygens (including phenoxy) is 1. The van der Waals surface area contributed by atoms with Crippen molar-refractivity contribution >= 4 is 5.97 Å². The fourth-order valence-corrected chi connectivity index (χ4v) is 3.92. The zero-order chi connectivity index (χ0) is 22.7. The Morgan fingerprint density at radius 1 is 0.969 bits per heavy atom. The third-order valence-electron chi connectivity index (χ3n) is 5.51. The molecule has 7 heteroatoms. The van der Waals surface area contributed by atoms with Crippen LogP contribution < -0.4 is 4.74 Å². The number of aliphatic carboxylic acids is 1. The number of hydrogen-bond acceptors (Lipinski definition) is 3. The summed E-state index contributed by atoms with van der Waals surface area (Å²) in [7, 11) is 0. The molecule has 3 aromatic rings. The smallest absolute Gasteiger partial charge is 0.416 e. The molecular formula is C25H22F3NO3. The molecule has 0 saturated carbocycles. The summed E-state index contributed by atoms with van der Waals surface area (Å²) in [6.07, 6.45) is -3.46. The fraction of sp³-hybridized carbons (Fsp3) is 0.240. The number of benzene rings is 3. The Hall–Kier alpha value is -3.32. The molecule has 1 aliphatic rings. The van der Waals surface area contributed by atoms with Crippen LogP contribution in [0.3, 0.4) is 0 Å². The largest absolute Gasteiger partial charge is 0.482 e. The van der Waals surface area contributed by atoms with Crippen LogP contribution in [0.4, 0.5) is 13.2 Å². The van der Waals surface area contributed by atoms with Gasteiger partial charge in [0, 0.05) is 19.6 Å². The lowest BCUT2D eigenvalue weighted by atomic mass is 9.98. The van der Waals surface area contributed by atoms with Crippen LogP contribution in [0.5, 0.6) is 5.75 Å². The van der Waals surface area contributed by atoms with Crippen molar-refractivity contribution < 1.29 is 27.8 Å². The average Bonchev–Trinajstić information content (AvgIpc) is 2.77. The monoisotopic (exact) mass is 441 g/mol. The van der Waals surface area contributed by atoms with E-state index in [9.17, 15) is 18.0 Å². The van der Waals surface area contributed by atoms with Crippen LogP contribution in [-0.2, 0) is 30.5 Å². The molecule has 1 N–H and O–H groups in total. The normalized spacial score (nSPS) is 14.1. The molecule has 0 bridgehead atoms. The molecule has 0 spiro atoms. The number of carbonyl (C=O) groups is 1. The predicted octanol–water partition coefficient (Wildman–Crippen LogP) is 5.39. The maximum absolute atomic E-state index is 12.8. The summed E-state index contributed by atoms with van der Waals surface area (Å²) in [6.45, 7) is 1.92. The Balaban J connectivity index is 1.45. The van der Waals surface area contributed by atoms with E-state index in [1.165, 1.54) is 17.7 Å². The van der Waals surface area contributed by atoms with Crippen molar-refractivity contribution in [1.82, 2.24) is 4.90 Å². The van der Waals surface area contributed by atoms with Crippen LogP contribution in [-0.4, -0.2) is 29.1 Å². The van der Waals surface area contributed by atoms with Crippen molar-refractivity contribution in [3.05, 3.63) is 89.0 Å². The minimum Gasteiger partial charge on any atom is -0.482 e. The third kappa shape index (κ3) is 5.29. The Kier molecular flexibility index (Phi) is 6.19. The van der Waals surface area contributed by atoms with E-state index >= 15 is 0 Å². The molecule has 0 aliphatic carbocycles. The molecule has 4 nitrogen and oxygen atoms in total. The van der Waals surface area contributed by atoms with Crippen LogP contribution in [0.25, 0.3) is 11.1 Å². The number of fused-ring (bicyclic) bond motifs is 1. The molecule has 3 aromatic carbocycles. The summed E-state index contributed by atoms with van der Waals surface area (Å²) in [5, 5.41) is 8.79. The number of hydrogen-bond donors (Lipinski definition) is 1. The van der Waals surface area contributed by atoms with E-state index in [2.05, 4.69) is 4.90 Å². The summed E-state index contributed by atoms with van der Waals surface area (Å²) in [4.78, 5) is 13.0. The van der Waals surface area contributed by atoms with E-state index in [1.807, 2.05) is 36.4 Å². The van der Waals surface area contributed by atoms with Crippen LogP contribution >= 0.6 is 0 Å². The maximum Gasteiger partial charge on any atom is 0.416 e. The lowest BCUT2D eigenvalue weighted by molar-refractivity contribution is -0.139. The summed E-state index contributed by atoms with van der Waals surface area (Å²) >= 11 is 0. The first kappa shape index (κ1) is 21.9. The first-order valence-corrected chi connectivity index (χ1v) is 10.2. The predicted molar refractivity (Wildman–Crippen MR) is 114 cm³/mol. The van der Waals surface area contributed by atoms with Gasteiger partial charge in [0.2, 0.25) is 0 Å². The van der Waals surface area contributed by atoms with Gasteiger partial charge >= 0.3 is 12.1 Å². The number of carboxylic acid groups (broad SMARTS) is 1. The van der Waals surface area contributed by atoms with Gasteiger partial charge in [0.1, 0.15) is 5.75 Å². The lowest BCUT2D eigenvalue weighted by Gasteiger charge is -2.29. The van der Waals surface area contributed by atoms with Crippen LogP contribution in [0.15, 0.2) is 66.7 Å². The second-order valence-electron chi connectivity index (χ2n) is 7.85. The van der Waals surface area contributed by atoms with Gasteiger partial charge in [-0.15, -0.1) is 0 Å². The Bertz CT molecular complexity index is 1110. The molecule has 0 aromatic heterocycles. The van der Waals surface area contributed by atoms with Crippen molar-refractivity contribution in [2.45, 2.75) is 25.7 Å². The first-order valence-electron chi connectivity index (χ1n) is 10.2. The topological polar surface area (TPSA) is 49.8 Å². The minimum absolute atomic E-state index is 0.376. The molecule has 4 rings (SSSR count). The van der Waals surface area contributed by atoms with E-state index in [1.54, 1.807) is 6.07 Å². The maximum atomic E-state index is 12.8. The van der Waals surface area contributed by atoms with Gasteiger partial charge in [-0.3, -0.25) is 4.90 Å². The summed E-state index contributed by atoms with van der Waals surface area (Å²) in [5.74, 6) is -0.477. The van der Waals surface area contributed by atoms with E-state index in [4.69, 9.17) is 9.84 Å². The Morgan fingerprint density at radius 3 is 2.47 bits per heavy atom. The molecule has 0 fully saturated rings. The molecule has 32 heavy (non-hydrogen) atoms. The molecule has 0 unspecified atom stereocenters. The highest BCUT2D eigenvalue weighted by atomic mass is 19.4. The van der Waals surface area contributed by atoms with Crippen LogP contribution in [0.2, 0.25) is 0 Å². The molecule has 0 saturated heterocycles. The van der Waals surface area contributed by atoms with E-state index < -0.39 is 17.7 Å². The van der Waals surface area contributed by atoms with Crippen LogP contribution in [0.1, 0.15) is 22.3 Å². The zero-order valence-electron chi connectivity index (χ0n) is 17.2. The average molecular weight is 441 g/mol. The standard InChI is InChI=1S/C25H22F3NO3/c26-25(27,28)22-7-4-18(5-8-22)20-3-1-2-17(12-20)14-29-11-10-19-6-9-23(13-21(19)15-29)32-16-24(30)31/h1-9,12-13H,10-11,14-16H2,(H,30,31). The number of alkyl halides is 3. The highest BCUT2D eigenvalue weighted by Crippen LogP contribution is 2.31. The van der Waals surface area contributed by atoms with Gasteiger partial charge < -0.3 is 9.84 Å². The number of halogens is 3. The fourth-order valence-electron chi connectivity index (χ4n) is 3.92. The minimum atomic E-state index is -4.34. The molecule has 1 aliphatic heterocycles. The second kappa shape index (κ2) is 9.04. The first-order chi connectivity index (χ1) is 15.3. The molecule has 0 amide bonds. The van der Waals surface area contributed by atoms with Gasteiger partial charge in [-0.25, -0.2) is 4.79 Å². The SMILES string of the molecule is O=C(O)COc1ccc2c(c1)CN(Cc1cccc(-c3ccc(C(F)(F)F)cc3)c1)CC2. The highest BCUT2D eigenvalue weighted by molar-refractivity contribution is 5.68. The summed E-state index contributed by atoms with van der Waals surface area (Å²) in [6, 6.07) is 18.7. The number of carboxylic acids is 1. The highest BCUT2D eigenvalue weighted by Gasteiger charge is 2.30. The van der Waals surface area contributed by atoms with Gasteiger partial charge in [0.25, 0.3) is 0 Å². The van der Waals surface area contributed by atoms with Crippen molar-refractivity contribution in [1.29, 1.82) is 0 Å². The van der Waals surface area contributed by atoms with Gasteiger partial charge in [0.05, 0.1) is 5.56 Å². The van der Waals surface area contributed by atoms with Crippen molar-refractivity contribution in [2.75, 3.05) is 13.2 Å². The second-order valence-corrected chi connectivity index (χ2v) is 7.85. The van der Waals surface area contributed by atoms with Gasteiger partial charge in [-0.1, -0.05) is 36.4 Å². The van der Waals surface area contributed by atoms with Gasteiger partial charge in [0.15, 0.2) is 6.61 Å². The molecular weight excluding hydrogens is 419 g/mol. The van der Waals surface area contributed by atoms with Gasteiger partial charge in [-0.2, -0.15) is 13.2 Å². The third-order valence-corrected chi connectivity index (χ3v) is 5.51. The quantitative estimate of drug-likeness (QED) is 0.557. The van der Waals surface area contributed by atoms with Gasteiger partial charge in [-0.05, 0) is 64.6 Å². The van der Waals surface area contributed by atoms with E-state index in [0.717, 1.165) is 47.4 Å². The molecule has 166 valence electrons. The molecule has 0 radical (unpaired) electrons. The zero-order valence-corrected chi connectivity index (χ0v) is 17.2. The van der Waals surface area contributed by atoms with E-state index in [0.29, 0.717) is 18.8 Å². The van der Waals surface area contributed by atoms with Crippen molar-refractivity contribution in [3.8, 4) is 16.9 Å². The van der Waals surface area contributed by atoms with Crippen LogP contribution in [0, 0.1) is 0 Å². The van der Waals surface area contributed by atoms with E-state index in [-0.39, 0.29) is 6.61 Å².